The summed E-state index contributed by atoms with van der Waals surface area (Å²) in [6, 6.07) is 5.27. The van der Waals surface area contributed by atoms with Crippen LogP contribution in [-0.2, 0) is 11.3 Å². The van der Waals surface area contributed by atoms with E-state index >= 15 is 0 Å². The van der Waals surface area contributed by atoms with Gasteiger partial charge in [-0.05, 0) is 30.2 Å². The van der Waals surface area contributed by atoms with E-state index in [1.165, 1.54) is 6.07 Å². The van der Waals surface area contributed by atoms with E-state index in [9.17, 15) is 4.39 Å². The van der Waals surface area contributed by atoms with Gasteiger partial charge >= 0.3 is 0 Å². The Balaban J connectivity index is 1.86. The minimum absolute atomic E-state index is 0.158. The molecule has 0 aliphatic carbocycles. The Morgan fingerprint density at radius 3 is 3.22 bits per heavy atom. The SMILES string of the molecule is CCC/C=C/[C@H]1C[C@H]2Cc3cc(F)ccc3N1O2. The molecule has 0 radical (unpaired) electrons. The van der Waals surface area contributed by atoms with Gasteiger partial charge in [-0.3, -0.25) is 4.84 Å². The second kappa shape index (κ2) is 4.73. The topological polar surface area (TPSA) is 12.5 Å². The van der Waals surface area contributed by atoms with Gasteiger partial charge in [0.15, 0.2) is 0 Å². The van der Waals surface area contributed by atoms with E-state index in [1.807, 2.05) is 11.1 Å². The molecular weight excluding hydrogens is 229 g/mol. The van der Waals surface area contributed by atoms with Gasteiger partial charge in [-0.25, -0.2) is 9.45 Å². The molecule has 3 heteroatoms. The maximum Gasteiger partial charge on any atom is 0.123 e. The number of allylic oxidation sites excluding steroid dienone is 1. The van der Waals surface area contributed by atoms with Crippen molar-refractivity contribution in [2.45, 2.75) is 44.8 Å². The molecule has 0 unspecified atom stereocenters. The number of fused-ring (bicyclic) bond motifs is 4. The van der Waals surface area contributed by atoms with Crippen molar-refractivity contribution in [2.24, 2.45) is 0 Å². The summed E-state index contributed by atoms with van der Waals surface area (Å²) in [5, 5.41) is 1.95. The fourth-order valence-corrected chi connectivity index (χ4v) is 2.76. The van der Waals surface area contributed by atoms with E-state index < -0.39 is 0 Å². The van der Waals surface area contributed by atoms with Crippen LogP contribution in [0.15, 0.2) is 30.4 Å². The van der Waals surface area contributed by atoms with Gasteiger partial charge in [-0.1, -0.05) is 25.5 Å². The predicted octanol–water partition coefficient (Wildman–Crippen LogP) is 3.62. The van der Waals surface area contributed by atoms with Crippen LogP contribution >= 0.6 is 0 Å². The number of hydrogen-bond acceptors (Lipinski definition) is 2. The highest BCUT2D eigenvalue weighted by molar-refractivity contribution is 5.56. The van der Waals surface area contributed by atoms with Gasteiger partial charge < -0.3 is 0 Å². The van der Waals surface area contributed by atoms with Gasteiger partial charge in [0, 0.05) is 12.8 Å². The van der Waals surface area contributed by atoms with Crippen molar-refractivity contribution >= 4 is 5.69 Å². The normalized spacial score (nSPS) is 25.8. The number of benzene rings is 1. The number of hydrogen-bond donors (Lipinski definition) is 0. The molecule has 1 aromatic carbocycles. The Morgan fingerprint density at radius 2 is 2.39 bits per heavy atom. The molecule has 0 aromatic heterocycles. The van der Waals surface area contributed by atoms with Crippen molar-refractivity contribution in [3.8, 4) is 0 Å². The van der Waals surface area contributed by atoms with E-state index in [4.69, 9.17) is 4.84 Å². The van der Waals surface area contributed by atoms with Crippen molar-refractivity contribution in [2.75, 3.05) is 5.06 Å². The summed E-state index contributed by atoms with van der Waals surface area (Å²) in [4.78, 5) is 5.87. The molecule has 2 aliphatic rings. The maximum atomic E-state index is 13.2. The molecule has 96 valence electrons. The molecule has 0 spiro atoms. The summed E-state index contributed by atoms with van der Waals surface area (Å²) < 4.78 is 13.2. The van der Waals surface area contributed by atoms with Gasteiger partial charge in [-0.2, -0.15) is 0 Å². The lowest BCUT2D eigenvalue weighted by molar-refractivity contribution is 0.0751. The number of rotatable bonds is 3. The van der Waals surface area contributed by atoms with Crippen LogP contribution in [0.2, 0.25) is 0 Å². The zero-order valence-corrected chi connectivity index (χ0v) is 10.6. The van der Waals surface area contributed by atoms with E-state index in [0.717, 1.165) is 36.9 Å². The Morgan fingerprint density at radius 1 is 1.50 bits per heavy atom. The van der Waals surface area contributed by atoms with Crippen LogP contribution in [0.25, 0.3) is 0 Å². The molecule has 18 heavy (non-hydrogen) atoms. The second-order valence-electron chi connectivity index (χ2n) is 5.05. The first-order valence-electron chi connectivity index (χ1n) is 6.69. The van der Waals surface area contributed by atoms with E-state index in [1.54, 1.807) is 6.07 Å². The molecule has 1 saturated heterocycles. The number of unbranched alkanes of at least 4 members (excludes halogenated alkanes) is 1. The van der Waals surface area contributed by atoms with Crippen LogP contribution in [0.1, 0.15) is 31.7 Å². The molecule has 2 bridgehead atoms. The fourth-order valence-electron chi connectivity index (χ4n) is 2.76. The summed E-state index contributed by atoms with van der Waals surface area (Å²) in [6.07, 6.45) is 8.73. The molecule has 0 N–H and O–H groups in total. The first-order chi connectivity index (χ1) is 8.78. The van der Waals surface area contributed by atoms with Crippen LogP contribution in [0.4, 0.5) is 10.1 Å². The third-order valence-electron chi connectivity index (χ3n) is 3.61. The van der Waals surface area contributed by atoms with Crippen molar-refractivity contribution in [1.82, 2.24) is 0 Å². The maximum absolute atomic E-state index is 13.2. The lowest BCUT2D eigenvalue weighted by Crippen LogP contribution is -2.30. The number of halogens is 1. The predicted molar refractivity (Wildman–Crippen MR) is 69.9 cm³/mol. The molecule has 0 saturated carbocycles. The highest BCUT2D eigenvalue weighted by atomic mass is 19.1. The molecule has 2 atom stereocenters. The third-order valence-corrected chi connectivity index (χ3v) is 3.61. The van der Waals surface area contributed by atoms with Crippen molar-refractivity contribution in [3.63, 3.8) is 0 Å². The smallest absolute Gasteiger partial charge is 0.123 e. The average molecular weight is 247 g/mol. The average Bonchev–Trinajstić information content (AvgIpc) is 2.67. The van der Waals surface area contributed by atoms with Gasteiger partial charge in [-0.15, -0.1) is 0 Å². The molecule has 1 aromatic rings. The quantitative estimate of drug-likeness (QED) is 0.756. The molecule has 3 rings (SSSR count). The molecule has 2 aliphatic heterocycles. The van der Waals surface area contributed by atoms with Crippen molar-refractivity contribution in [3.05, 3.63) is 41.7 Å². The monoisotopic (exact) mass is 247 g/mol. The summed E-state index contributed by atoms with van der Waals surface area (Å²) in [7, 11) is 0. The second-order valence-corrected chi connectivity index (χ2v) is 5.05. The zero-order chi connectivity index (χ0) is 12.5. The number of anilines is 1. The van der Waals surface area contributed by atoms with E-state index in [2.05, 4.69) is 19.1 Å². The summed E-state index contributed by atoms with van der Waals surface area (Å²) in [6.45, 7) is 2.17. The van der Waals surface area contributed by atoms with Crippen molar-refractivity contribution in [1.29, 1.82) is 0 Å². The van der Waals surface area contributed by atoms with Crippen LogP contribution in [0, 0.1) is 5.82 Å². The Bertz CT molecular complexity index is 472. The van der Waals surface area contributed by atoms with Gasteiger partial charge in [0.05, 0.1) is 17.8 Å². The minimum Gasteiger partial charge on any atom is -0.269 e. The van der Waals surface area contributed by atoms with Crippen LogP contribution in [0.5, 0.6) is 0 Å². The number of hydroxylamine groups is 1. The Labute approximate surface area is 107 Å². The molecular formula is C15H18FNO. The highest BCUT2D eigenvalue weighted by Crippen LogP contribution is 2.38. The van der Waals surface area contributed by atoms with E-state index in [-0.39, 0.29) is 11.9 Å². The summed E-state index contributed by atoms with van der Waals surface area (Å²) >= 11 is 0. The largest absolute Gasteiger partial charge is 0.269 e. The minimum atomic E-state index is -0.158. The molecule has 1 fully saturated rings. The first kappa shape index (κ1) is 11.7. The lowest BCUT2D eigenvalue weighted by Gasteiger charge is -2.29. The van der Waals surface area contributed by atoms with Crippen LogP contribution in [-0.4, -0.2) is 12.1 Å². The van der Waals surface area contributed by atoms with Crippen LogP contribution in [0.3, 0.4) is 0 Å². The molecule has 2 heterocycles. The molecule has 0 amide bonds. The van der Waals surface area contributed by atoms with Gasteiger partial charge in [0.2, 0.25) is 0 Å². The zero-order valence-electron chi connectivity index (χ0n) is 10.6. The van der Waals surface area contributed by atoms with Crippen LogP contribution < -0.4 is 5.06 Å². The number of nitrogens with zero attached hydrogens (tertiary/aromatic N) is 1. The van der Waals surface area contributed by atoms with Crippen molar-refractivity contribution < 1.29 is 9.23 Å². The van der Waals surface area contributed by atoms with Gasteiger partial charge in [0.25, 0.3) is 0 Å². The molecule has 2 nitrogen and oxygen atoms in total. The Kier molecular flexibility index (Phi) is 3.08. The Hall–Kier alpha value is -1.35. The third kappa shape index (κ3) is 2.03. The standard InChI is InChI=1S/C15H18FNO/c1-2-3-4-5-13-10-14-9-11-8-12(16)6-7-15(11)17(13)18-14/h4-8,13-14H,2-3,9-10H2,1H3/b5-4+/t13-,14+/m0/s1. The summed E-state index contributed by atoms with van der Waals surface area (Å²) in [5.41, 5.74) is 2.09. The fraction of sp³-hybridized carbons (Fsp3) is 0.467. The first-order valence-corrected chi connectivity index (χ1v) is 6.69. The summed E-state index contributed by atoms with van der Waals surface area (Å²) in [5.74, 6) is -0.158. The lowest BCUT2D eigenvalue weighted by atomic mass is 10.0. The van der Waals surface area contributed by atoms with Gasteiger partial charge in [0.1, 0.15) is 5.82 Å². The highest BCUT2D eigenvalue weighted by Gasteiger charge is 2.37. The van der Waals surface area contributed by atoms with E-state index in [0.29, 0.717) is 6.04 Å².